The monoisotopic (exact) mass is 402 g/mol. The molecule has 29 heavy (non-hydrogen) atoms. The number of unbranched alkanes of at least 4 members (excludes halogenated alkanes) is 6. The fourth-order valence-corrected chi connectivity index (χ4v) is 3.96. The van der Waals surface area contributed by atoms with E-state index < -0.39 is 0 Å². The Morgan fingerprint density at radius 1 is 0.862 bits per heavy atom. The van der Waals surface area contributed by atoms with Crippen molar-refractivity contribution in [1.29, 1.82) is 0 Å². The van der Waals surface area contributed by atoms with Gasteiger partial charge in [-0.05, 0) is 37.8 Å². The summed E-state index contributed by atoms with van der Waals surface area (Å²) in [4.78, 5) is 31.8. The molecule has 1 aliphatic heterocycles. The maximum atomic E-state index is 12.9. The Kier molecular flexibility index (Phi) is 10.5. The SMILES string of the molecule is CCCCCCNC(=O)[C@@H]1CC[C@@H](C(=O)NCCCCCC)N1c1ccncc1. The van der Waals surface area contributed by atoms with Gasteiger partial charge in [0.15, 0.2) is 0 Å². The number of carbonyl (C=O) groups is 2. The summed E-state index contributed by atoms with van der Waals surface area (Å²) in [6.07, 6.45) is 13.9. The van der Waals surface area contributed by atoms with Crippen molar-refractivity contribution in [2.45, 2.75) is 90.1 Å². The molecule has 0 aromatic carbocycles. The summed E-state index contributed by atoms with van der Waals surface area (Å²) in [6, 6.07) is 3.15. The third-order valence-corrected chi connectivity index (χ3v) is 5.61. The van der Waals surface area contributed by atoms with E-state index in [0.717, 1.165) is 31.4 Å². The molecule has 0 aliphatic carbocycles. The van der Waals surface area contributed by atoms with Crippen LogP contribution in [0, 0.1) is 0 Å². The molecule has 1 saturated heterocycles. The predicted molar refractivity (Wildman–Crippen MR) is 118 cm³/mol. The Morgan fingerprint density at radius 3 is 1.79 bits per heavy atom. The lowest BCUT2D eigenvalue weighted by atomic mass is 10.1. The molecule has 2 heterocycles. The average molecular weight is 403 g/mol. The number of aromatic nitrogens is 1. The lowest BCUT2D eigenvalue weighted by Crippen LogP contribution is -2.51. The molecular formula is C23H38N4O2. The molecule has 0 radical (unpaired) electrons. The van der Waals surface area contributed by atoms with Crippen LogP contribution < -0.4 is 15.5 Å². The van der Waals surface area contributed by atoms with E-state index >= 15 is 0 Å². The second-order valence-electron chi connectivity index (χ2n) is 7.93. The van der Waals surface area contributed by atoms with Crippen molar-refractivity contribution in [2.75, 3.05) is 18.0 Å². The Hall–Kier alpha value is -2.11. The van der Waals surface area contributed by atoms with Crippen LogP contribution in [0.25, 0.3) is 0 Å². The number of carbonyl (C=O) groups excluding carboxylic acids is 2. The Balaban J connectivity index is 1.97. The molecule has 1 aromatic rings. The Morgan fingerprint density at radius 2 is 1.34 bits per heavy atom. The number of rotatable bonds is 13. The minimum absolute atomic E-state index is 0.0246. The first kappa shape index (κ1) is 23.2. The van der Waals surface area contributed by atoms with Crippen LogP contribution in [-0.4, -0.2) is 42.0 Å². The molecule has 1 fully saturated rings. The van der Waals surface area contributed by atoms with Gasteiger partial charge >= 0.3 is 0 Å². The molecule has 0 saturated carbocycles. The molecule has 6 heteroatoms. The van der Waals surface area contributed by atoms with E-state index in [1.165, 1.54) is 25.7 Å². The zero-order valence-electron chi connectivity index (χ0n) is 18.2. The minimum atomic E-state index is -0.306. The molecule has 0 spiro atoms. The lowest BCUT2D eigenvalue weighted by Gasteiger charge is -2.31. The third kappa shape index (κ3) is 7.33. The Bertz CT molecular complexity index is 574. The molecule has 2 rings (SSSR count). The lowest BCUT2D eigenvalue weighted by molar-refractivity contribution is -0.122. The van der Waals surface area contributed by atoms with Gasteiger partial charge in [-0.15, -0.1) is 0 Å². The highest BCUT2D eigenvalue weighted by Gasteiger charge is 2.41. The Labute approximate surface area is 175 Å². The second-order valence-corrected chi connectivity index (χ2v) is 7.93. The van der Waals surface area contributed by atoms with Crippen molar-refractivity contribution in [3.63, 3.8) is 0 Å². The van der Waals surface area contributed by atoms with Gasteiger partial charge in [-0.25, -0.2) is 0 Å². The zero-order chi connectivity index (χ0) is 20.9. The van der Waals surface area contributed by atoms with Crippen molar-refractivity contribution in [3.8, 4) is 0 Å². The molecule has 2 amide bonds. The second kappa shape index (κ2) is 13.2. The predicted octanol–water partition coefficient (Wildman–Crippen LogP) is 3.81. The van der Waals surface area contributed by atoms with Gasteiger partial charge in [0.25, 0.3) is 0 Å². The van der Waals surface area contributed by atoms with Crippen molar-refractivity contribution in [1.82, 2.24) is 15.6 Å². The van der Waals surface area contributed by atoms with Gasteiger partial charge in [0.1, 0.15) is 12.1 Å². The molecule has 0 unspecified atom stereocenters. The fraction of sp³-hybridized carbons (Fsp3) is 0.696. The zero-order valence-corrected chi connectivity index (χ0v) is 18.2. The summed E-state index contributed by atoms with van der Waals surface area (Å²) < 4.78 is 0. The van der Waals surface area contributed by atoms with Crippen LogP contribution in [0.5, 0.6) is 0 Å². The summed E-state index contributed by atoms with van der Waals surface area (Å²) in [5.74, 6) is 0.0492. The maximum absolute atomic E-state index is 12.9. The highest BCUT2D eigenvalue weighted by Crippen LogP contribution is 2.30. The van der Waals surface area contributed by atoms with Crippen molar-refractivity contribution in [3.05, 3.63) is 24.5 Å². The van der Waals surface area contributed by atoms with Gasteiger partial charge < -0.3 is 15.5 Å². The number of pyridine rings is 1. The first-order valence-corrected chi connectivity index (χ1v) is 11.4. The first-order valence-electron chi connectivity index (χ1n) is 11.4. The van der Waals surface area contributed by atoms with E-state index in [0.29, 0.717) is 25.9 Å². The van der Waals surface area contributed by atoms with Crippen molar-refractivity contribution >= 4 is 17.5 Å². The molecule has 162 valence electrons. The minimum Gasteiger partial charge on any atom is -0.354 e. The van der Waals surface area contributed by atoms with Crippen LogP contribution in [0.15, 0.2) is 24.5 Å². The first-order chi connectivity index (χ1) is 14.2. The number of hydrogen-bond acceptors (Lipinski definition) is 4. The van der Waals surface area contributed by atoms with Crippen LogP contribution in [0.4, 0.5) is 5.69 Å². The smallest absolute Gasteiger partial charge is 0.242 e. The fourth-order valence-electron chi connectivity index (χ4n) is 3.96. The number of nitrogens with one attached hydrogen (secondary N) is 2. The number of amides is 2. The van der Waals surface area contributed by atoms with E-state index in [1.54, 1.807) is 12.4 Å². The third-order valence-electron chi connectivity index (χ3n) is 5.61. The van der Waals surface area contributed by atoms with Gasteiger partial charge in [-0.3, -0.25) is 14.6 Å². The molecule has 2 N–H and O–H groups in total. The highest BCUT2D eigenvalue weighted by atomic mass is 16.2. The molecule has 6 nitrogen and oxygen atoms in total. The highest BCUT2D eigenvalue weighted by molar-refractivity contribution is 5.92. The van der Waals surface area contributed by atoms with Crippen molar-refractivity contribution in [2.24, 2.45) is 0 Å². The molecule has 1 aliphatic rings. The summed E-state index contributed by atoms with van der Waals surface area (Å²) in [6.45, 7) is 5.76. The van der Waals surface area contributed by atoms with Crippen LogP contribution in [0.2, 0.25) is 0 Å². The standard InChI is InChI=1S/C23H38N4O2/c1-3-5-7-9-15-25-22(28)20-11-12-21(23(29)26-16-10-8-6-4-2)27(20)19-13-17-24-18-14-19/h13-14,17-18,20-21H,3-12,15-16H2,1-2H3,(H,25,28)(H,26,29)/t20-,21-/m0/s1. The topological polar surface area (TPSA) is 74.3 Å². The molecular weight excluding hydrogens is 364 g/mol. The van der Waals surface area contributed by atoms with Gasteiger partial charge in [0.2, 0.25) is 11.8 Å². The molecule has 2 atom stereocenters. The van der Waals surface area contributed by atoms with E-state index in [2.05, 4.69) is 29.5 Å². The van der Waals surface area contributed by atoms with Crippen LogP contribution in [-0.2, 0) is 9.59 Å². The quantitative estimate of drug-likeness (QED) is 0.492. The van der Waals surface area contributed by atoms with Gasteiger partial charge in [-0.1, -0.05) is 52.4 Å². The van der Waals surface area contributed by atoms with Crippen LogP contribution in [0.3, 0.4) is 0 Å². The summed E-state index contributed by atoms with van der Waals surface area (Å²) in [5.41, 5.74) is 0.884. The number of anilines is 1. The summed E-state index contributed by atoms with van der Waals surface area (Å²) >= 11 is 0. The van der Waals surface area contributed by atoms with Crippen LogP contribution >= 0.6 is 0 Å². The summed E-state index contributed by atoms with van der Waals surface area (Å²) in [5, 5.41) is 6.16. The van der Waals surface area contributed by atoms with E-state index in [1.807, 2.05) is 17.0 Å². The number of hydrogen-bond donors (Lipinski definition) is 2. The van der Waals surface area contributed by atoms with Crippen molar-refractivity contribution < 1.29 is 9.59 Å². The summed E-state index contributed by atoms with van der Waals surface area (Å²) in [7, 11) is 0. The maximum Gasteiger partial charge on any atom is 0.242 e. The number of nitrogens with zero attached hydrogens (tertiary/aromatic N) is 2. The van der Waals surface area contributed by atoms with Gasteiger partial charge in [-0.2, -0.15) is 0 Å². The van der Waals surface area contributed by atoms with E-state index in [-0.39, 0.29) is 23.9 Å². The molecule has 1 aromatic heterocycles. The average Bonchev–Trinajstić information content (AvgIpc) is 3.19. The van der Waals surface area contributed by atoms with E-state index in [9.17, 15) is 9.59 Å². The van der Waals surface area contributed by atoms with Crippen LogP contribution in [0.1, 0.15) is 78.1 Å². The van der Waals surface area contributed by atoms with E-state index in [4.69, 9.17) is 0 Å². The van der Waals surface area contributed by atoms with Gasteiger partial charge in [0.05, 0.1) is 0 Å². The largest absolute Gasteiger partial charge is 0.354 e. The van der Waals surface area contributed by atoms with Gasteiger partial charge in [0, 0.05) is 31.2 Å². The normalized spacial score (nSPS) is 18.6. The molecule has 0 bridgehead atoms.